The topological polar surface area (TPSA) is 55.3 Å². The lowest BCUT2D eigenvalue weighted by Gasteiger charge is -2.32. The van der Waals surface area contributed by atoms with Crippen LogP contribution in [0.1, 0.15) is 23.2 Å². The maximum absolute atomic E-state index is 12.7. The average Bonchev–Trinajstić information content (AvgIpc) is 2.62. The van der Waals surface area contributed by atoms with Gasteiger partial charge in [-0.05, 0) is 24.5 Å². The molecule has 2 heterocycles. The number of amides is 1. The summed E-state index contributed by atoms with van der Waals surface area (Å²) >= 11 is 1.60. The molecule has 3 rings (SSSR count). The van der Waals surface area contributed by atoms with Crippen molar-refractivity contribution in [1.82, 2.24) is 15.1 Å². The van der Waals surface area contributed by atoms with Crippen LogP contribution in [0.2, 0.25) is 0 Å². The molecule has 1 amide bonds. The largest absolute Gasteiger partial charge is 0.473 e. The summed E-state index contributed by atoms with van der Waals surface area (Å²) in [5, 5.41) is 7.75. The Morgan fingerprint density at radius 1 is 1.22 bits per heavy atom. The van der Waals surface area contributed by atoms with E-state index >= 15 is 0 Å². The Labute approximate surface area is 140 Å². The highest BCUT2D eigenvalue weighted by Gasteiger charge is 2.26. The van der Waals surface area contributed by atoms with Gasteiger partial charge in [0.15, 0.2) is 0 Å². The van der Waals surface area contributed by atoms with Gasteiger partial charge in [0.25, 0.3) is 5.91 Å². The molecule has 0 saturated carbocycles. The average molecular weight is 329 g/mol. The molecule has 0 N–H and O–H groups in total. The Balaban J connectivity index is 1.59. The number of aromatic nitrogens is 2. The van der Waals surface area contributed by atoms with E-state index in [1.54, 1.807) is 30.1 Å². The Morgan fingerprint density at radius 2 is 2.00 bits per heavy atom. The van der Waals surface area contributed by atoms with Crippen molar-refractivity contribution in [3.8, 4) is 5.88 Å². The molecule has 0 unspecified atom stereocenters. The standard InChI is InChI=1S/C17H19N3O2S/c1-23-15-6-3-2-5-14(15)17(21)20-11-8-13(9-12-20)22-16-7-4-10-18-19-16/h2-7,10,13H,8-9,11-12H2,1H3. The van der Waals surface area contributed by atoms with Gasteiger partial charge in [-0.1, -0.05) is 12.1 Å². The van der Waals surface area contributed by atoms with E-state index in [1.807, 2.05) is 35.4 Å². The number of nitrogens with zero attached hydrogens (tertiary/aromatic N) is 3. The van der Waals surface area contributed by atoms with Gasteiger partial charge in [-0.15, -0.1) is 16.9 Å². The zero-order valence-electron chi connectivity index (χ0n) is 13.0. The number of carbonyl (C=O) groups is 1. The van der Waals surface area contributed by atoms with Crippen molar-refractivity contribution in [2.75, 3.05) is 19.3 Å². The van der Waals surface area contributed by atoms with Crippen molar-refractivity contribution in [2.24, 2.45) is 0 Å². The van der Waals surface area contributed by atoms with Crippen molar-refractivity contribution in [2.45, 2.75) is 23.8 Å². The zero-order chi connectivity index (χ0) is 16.1. The highest BCUT2D eigenvalue weighted by molar-refractivity contribution is 7.98. The second kappa shape index (κ2) is 7.46. The minimum atomic E-state index is 0.0894. The van der Waals surface area contributed by atoms with Crippen LogP contribution in [0, 0.1) is 0 Å². The van der Waals surface area contributed by atoms with Crippen molar-refractivity contribution >= 4 is 17.7 Å². The maximum atomic E-state index is 12.7. The van der Waals surface area contributed by atoms with Gasteiger partial charge in [-0.25, -0.2) is 0 Å². The molecule has 0 aliphatic carbocycles. The van der Waals surface area contributed by atoms with Gasteiger partial charge in [0.2, 0.25) is 5.88 Å². The van der Waals surface area contributed by atoms with Gasteiger partial charge < -0.3 is 9.64 Å². The SMILES string of the molecule is CSc1ccccc1C(=O)N1CCC(Oc2cccnn2)CC1. The minimum absolute atomic E-state index is 0.0894. The van der Waals surface area contributed by atoms with E-state index in [0.717, 1.165) is 23.3 Å². The first-order valence-electron chi connectivity index (χ1n) is 7.64. The molecule has 0 atom stereocenters. The van der Waals surface area contributed by atoms with Crippen LogP contribution in [0.5, 0.6) is 5.88 Å². The highest BCUT2D eigenvalue weighted by Crippen LogP contribution is 2.23. The molecule has 5 nitrogen and oxygen atoms in total. The molecule has 1 fully saturated rings. The summed E-state index contributed by atoms with van der Waals surface area (Å²) in [7, 11) is 0. The van der Waals surface area contributed by atoms with Crippen molar-refractivity contribution < 1.29 is 9.53 Å². The van der Waals surface area contributed by atoms with E-state index in [-0.39, 0.29) is 12.0 Å². The summed E-state index contributed by atoms with van der Waals surface area (Å²) in [5.74, 6) is 0.651. The number of carbonyl (C=O) groups excluding carboxylic acids is 1. The first kappa shape index (κ1) is 15.8. The number of thioether (sulfide) groups is 1. The van der Waals surface area contributed by atoms with Crippen LogP contribution in [0.3, 0.4) is 0 Å². The van der Waals surface area contributed by atoms with Crippen molar-refractivity contribution in [3.63, 3.8) is 0 Å². The van der Waals surface area contributed by atoms with E-state index in [4.69, 9.17) is 4.74 Å². The van der Waals surface area contributed by atoms with Crippen LogP contribution < -0.4 is 4.74 Å². The van der Waals surface area contributed by atoms with Crippen molar-refractivity contribution in [1.29, 1.82) is 0 Å². The van der Waals surface area contributed by atoms with Crippen LogP contribution in [0.25, 0.3) is 0 Å². The van der Waals surface area contributed by atoms with Crippen molar-refractivity contribution in [3.05, 3.63) is 48.2 Å². The number of rotatable bonds is 4. The third-order valence-electron chi connectivity index (χ3n) is 3.90. The van der Waals surface area contributed by atoms with E-state index in [2.05, 4.69) is 10.2 Å². The Hall–Kier alpha value is -2.08. The second-order valence-corrected chi connectivity index (χ2v) is 6.22. The molecule has 2 aromatic rings. The lowest BCUT2D eigenvalue weighted by molar-refractivity contribution is 0.0583. The number of hydrogen-bond donors (Lipinski definition) is 0. The fraction of sp³-hybridized carbons (Fsp3) is 0.353. The summed E-state index contributed by atoms with van der Waals surface area (Å²) in [5.41, 5.74) is 0.785. The van der Waals surface area contributed by atoms with Gasteiger partial charge >= 0.3 is 0 Å². The molecule has 120 valence electrons. The molecule has 1 aromatic heterocycles. The first-order chi connectivity index (χ1) is 11.3. The van der Waals surface area contributed by atoms with E-state index in [9.17, 15) is 4.79 Å². The summed E-state index contributed by atoms with van der Waals surface area (Å²) in [4.78, 5) is 15.6. The molecule has 6 heteroatoms. The number of piperidine rings is 1. The van der Waals surface area contributed by atoms with Crippen LogP contribution in [-0.2, 0) is 0 Å². The Morgan fingerprint density at radius 3 is 2.70 bits per heavy atom. The second-order valence-electron chi connectivity index (χ2n) is 5.37. The van der Waals surface area contributed by atoms with Gasteiger partial charge in [-0.3, -0.25) is 4.79 Å². The fourth-order valence-electron chi connectivity index (χ4n) is 2.69. The smallest absolute Gasteiger partial charge is 0.254 e. The number of benzene rings is 1. The predicted octanol–water partition coefficient (Wildman–Crippen LogP) is 2.88. The number of likely N-dealkylation sites (tertiary alicyclic amines) is 1. The lowest BCUT2D eigenvalue weighted by atomic mass is 10.1. The zero-order valence-corrected chi connectivity index (χ0v) is 13.8. The molecule has 1 aliphatic heterocycles. The number of hydrogen-bond acceptors (Lipinski definition) is 5. The molecule has 0 radical (unpaired) electrons. The van der Waals surface area contributed by atoms with Crippen LogP contribution in [0.15, 0.2) is 47.5 Å². The summed E-state index contributed by atoms with van der Waals surface area (Å²) in [6, 6.07) is 11.4. The maximum Gasteiger partial charge on any atom is 0.254 e. The lowest BCUT2D eigenvalue weighted by Crippen LogP contribution is -2.42. The fourth-order valence-corrected chi connectivity index (χ4v) is 3.28. The quantitative estimate of drug-likeness (QED) is 0.807. The van der Waals surface area contributed by atoms with E-state index in [0.29, 0.717) is 19.0 Å². The molecule has 0 bridgehead atoms. The van der Waals surface area contributed by atoms with Gasteiger partial charge in [0.05, 0.1) is 5.56 Å². The van der Waals surface area contributed by atoms with Crippen LogP contribution in [0.4, 0.5) is 0 Å². The minimum Gasteiger partial charge on any atom is -0.473 e. The first-order valence-corrected chi connectivity index (χ1v) is 8.87. The van der Waals surface area contributed by atoms with E-state index in [1.165, 1.54) is 0 Å². The summed E-state index contributed by atoms with van der Waals surface area (Å²) in [6.45, 7) is 1.40. The van der Waals surface area contributed by atoms with Crippen LogP contribution >= 0.6 is 11.8 Å². The van der Waals surface area contributed by atoms with Crippen LogP contribution in [-0.4, -0.2) is 46.5 Å². The van der Waals surface area contributed by atoms with E-state index < -0.39 is 0 Å². The van der Waals surface area contributed by atoms with Gasteiger partial charge in [0, 0.05) is 43.1 Å². The third kappa shape index (κ3) is 3.82. The predicted molar refractivity (Wildman–Crippen MR) is 89.8 cm³/mol. The number of ether oxygens (including phenoxy) is 1. The third-order valence-corrected chi connectivity index (χ3v) is 4.70. The molecule has 1 aliphatic rings. The molecule has 1 saturated heterocycles. The molecule has 1 aromatic carbocycles. The Kier molecular flexibility index (Phi) is 5.12. The highest BCUT2D eigenvalue weighted by atomic mass is 32.2. The molecule has 0 spiro atoms. The summed E-state index contributed by atoms with van der Waals surface area (Å²) < 4.78 is 5.82. The monoisotopic (exact) mass is 329 g/mol. The molecular weight excluding hydrogens is 310 g/mol. The molecule has 23 heavy (non-hydrogen) atoms. The normalized spacial score (nSPS) is 15.4. The van der Waals surface area contributed by atoms with Gasteiger partial charge in [-0.2, -0.15) is 5.10 Å². The van der Waals surface area contributed by atoms with Gasteiger partial charge in [0.1, 0.15) is 6.10 Å². The Bertz CT molecular complexity index is 658. The summed E-state index contributed by atoms with van der Waals surface area (Å²) in [6.07, 6.45) is 5.32. The molecular formula is C17H19N3O2S.